The maximum absolute atomic E-state index is 13.4. The molecular formula is C30H26N4O3S2. The Hall–Kier alpha value is -4.47. The molecule has 4 aromatic rings. The first-order chi connectivity index (χ1) is 18.8. The van der Waals surface area contributed by atoms with Crippen molar-refractivity contribution in [1.82, 2.24) is 0 Å². The van der Waals surface area contributed by atoms with Crippen LogP contribution in [0.1, 0.15) is 38.5 Å². The summed E-state index contributed by atoms with van der Waals surface area (Å²) in [6.45, 7) is 1.52. The molecule has 1 atom stereocenters. The van der Waals surface area contributed by atoms with Crippen LogP contribution in [-0.4, -0.2) is 22.7 Å². The number of benzene rings is 4. The largest absolute Gasteiger partial charge is 0.366 e. The van der Waals surface area contributed by atoms with Gasteiger partial charge in [0.15, 0.2) is 10.9 Å². The summed E-state index contributed by atoms with van der Waals surface area (Å²) in [6, 6.07) is 30.6. The van der Waals surface area contributed by atoms with Gasteiger partial charge in [0, 0.05) is 33.1 Å². The number of Topliss-reactive ketones (excluding diaryl/α,β-unsaturated/α-hetero) is 1. The van der Waals surface area contributed by atoms with E-state index in [1.165, 1.54) is 18.7 Å². The zero-order chi connectivity index (χ0) is 27.8. The summed E-state index contributed by atoms with van der Waals surface area (Å²) in [4.78, 5) is 37.1. The predicted octanol–water partition coefficient (Wildman–Crippen LogP) is 6.27. The Morgan fingerprint density at radius 3 is 1.92 bits per heavy atom. The third kappa shape index (κ3) is 7.76. The molecule has 196 valence electrons. The van der Waals surface area contributed by atoms with Gasteiger partial charge in [-0.25, -0.2) is 0 Å². The van der Waals surface area contributed by atoms with Crippen molar-refractivity contribution in [1.29, 1.82) is 0 Å². The minimum Gasteiger partial charge on any atom is -0.366 e. The SMILES string of the molecule is CC(=O)c1ccc(NC(=S)Nc2cccc(SC(C(=O)Nc3ccc(C(N)=O)cc3)c3ccccc3)c2)cc1. The molecule has 0 aliphatic rings. The average Bonchev–Trinajstić information content (AvgIpc) is 2.93. The van der Waals surface area contributed by atoms with Crippen molar-refractivity contribution in [2.45, 2.75) is 17.1 Å². The maximum Gasteiger partial charge on any atom is 0.248 e. The van der Waals surface area contributed by atoms with Gasteiger partial charge in [0.1, 0.15) is 5.25 Å². The van der Waals surface area contributed by atoms with Crippen LogP contribution in [-0.2, 0) is 4.79 Å². The lowest BCUT2D eigenvalue weighted by molar-refractivity contribution is -0.115. The summed E-state index contributed by atoms with van der Waals surface area (Å²) in [5.41, 5.74) is 9.23. The number of amides is 2. The number of carbonyl (C=O) groups is 3. The molecule has 39 heavy (non-hydrogen) atoms. The van der Waals surface area contributed by atoms with Gasteiger partial charge < -0.3 is 21.7 Å². The lowest BCUT2D eigenvalue weighted by atomic mass is 10.1. The molecule has 0 radical (unpaired) electrons. The summed E-state index contributed by atoms with van der Waals surface area (Å²) in [7, 11) is 0. The minimum absolute atomic E-state index is 0.0000419. The van der Waals surface area contributed by atoms with E-state index in [-0.39, 0.29) is 11.7 Å². The van der Waals surface area contributed by atoms with Crippen LogP contribution in [0.25, 0.3) is 0 Å². The number of hydrogen-bond acceptors (Lipinski definition) is 5. The van der Waals surface area contributed by atoms with E-state index in [0.29, 0.717) is 21.9 Å². The molecule has 1 unspecified atom stereocenters. The molecule has 0 aliphatic heterocycles. The standard InChI is InChI=1S/C30H26N4O3S2/c1-19(35)20-10-14-24(15-11-20)33-30(38)34-25-8-5-9-26(18-25)39-27(21-6-3-2-4-7-21)29(37)32-23-16-12-22(13-17-23)28(31)36/h2-18,27H,1H3,(H2,31,36)(H,32,37)(H2,33,34,38). The van der Waals surface area contributed by atoms with Gasteiger partial charge in [-0.15, -0.1) is 11.8 Å². The molecule has 0 aromatic heterocycles. The van der Waals surface area contributed by atoms with Crippen LogP contribution in [0, 0.1) is 0 Å². The Balaban J connectivity index is 1.46. The zero-order valence-corrected chi connectivity index (χ0v) is 22.6. The zero-order valence-electron chi connectivity index (χ0n) is 21.0. The molecule has 4 aromatic carbocycles. The number of hydrogen-bond donors (Lipinski definition) is 4. The number of rotatable bonds is 9. The second kappa shape index (κ2) is 12.9. The van der Waals surface area contributed by atoms with Crippen molar-refractivity contribution in [3.63, 3.8) is 0 Å². The van der Waals surface area contributed by atoms with Crippen LogP contribution in [0.15, 0.2) is 108 Å². The van der Waals surface area contributed by atoms with Crippen LogP contribution in [0.4, 0.5) is 17.1 Å². The summed E-state index contributed by atoms with van der Waals surface area (Å²) < 4.78 is 0. The first-order valence-corrected chi connectivity index (χ1v) is 13.3. The summed E-state index contributed by atoms with van der Waals surface area (Å²) in [5, 5.41) is 9.06. The third-order valence-corrected chi connectivity index (χ3v) is 7.12. The van der Waals surface area contributed by atoms with Crippen molar-refractivity contribution < 1.29 is 14.4 Å². The second-order valence-electron chi connectivity index (χ2n) is 8.58. The van der Waals surface area contributed by atoms with Gasteiger partial charge in [-0.1, -0.05) is 36.4 Å². The summed E-state index contributed by atoms with van der Waals surface area (Å²) in [5.74, 6) is -0.734. The van der Waals surface area contributed by atoms with Gasteiger partial charge in [0.25, 0.3) is 0 Å². The van der Waals surface area contributed by atoms with Gasteiger partial charge in [-0.05, 0) is 91.4 Å². The number of anilines is 3. The van der Waals surface area contributed by atoms with E-state index in [4.69, 9.17) is 18.0 Å². The topological polar surface area (TPSA) is 113 Å². The van der Waals surface area contributed by atoms with Crippen molar-refractivity contribution in [3.8, 4) is 0 Å². The van der Waals surface area contributed by atoms with Crippen molar-refractivity contribution in [2.75, 3.05) is 16.0 Å². The fourth-order valence-corrected chi connectivity index (χ4v) is 5.01. The first kappa shape index (κ1) is 27.6. The van der Waals surface area contributed by atoms with Gasteiger partial charge in [-0.2, -0.15) is 0 Å². The predicted molar refractivity (Wildman–Crippen MR) is 161 cm³/mol. The van der Waals surface area contributed by atoms with E-state index < -0.39 is 11.2 Å². The quantitative estimate of drug-likeness (QED) is 0.110. The molecule has 9 heteroatoms. The molecule has 0 saturated heterocycles. The van der Waals surface area contributed by atoms with Gasteiger partial charge in [0.05, 0.1) is 0 Å². The first-order valence-electron chi connectivity index (χ1n) is 12.0. The molecule has 0 heterocycles. The molecule has 4 rings (SSSR count). The van der Waals surface area contributed by atoms with E-state index in [1.807, 2.05) is 54.6 Å². The van der Waals surface area contributed by atoms with Crippen LogP contribution in [0.2, 0.25) is 0 Å². The number of thiocarbonyl (C=S) groups is 1. The lowest BCUT2D eigenvalue weighted by Crippen LogP contribution is -2.20. The Kier molecular flexibility index (Phi) is 9.09. The highest BCUT2D eigenvalue weighted by Gasteiger charge is 2.22. The van der Waals surface area contributed by atoms with Gasteiger partial charge >= 0.3 is 0 Å². The third-order valence-electron chi connectivity index (χ3n) is 5.67. The van der Waals surface area contributed by atoms with Gasteiger partial charge in [0.2, 0.25) is 11.8 Å². The fourth-order valence-electron chi connectivity index (χ4n) is 3.69. The van der Waals surface area contributed by atoms with Crippen molar-refractivity contribution >= 4 is 63.8 Å². The molecular weight excluding hydrogens is 528 g/mol. The Labute approximate surface area is 236 Å². The second-order valence-corrected chi connectivity index (χ2v) is 10.2. The van der Waals surface area contributed by atoms with Crippen LogP contribution >= 0.6 is 24.0 Å². The number of nitrogens with two attached hydrogens (primary N) is 1. The number of ketones is 1. The van der Waals surface area contributed by atoms with Crippen LogP contribution < -0.4 is 21.7 Å². The molecule has 7 nitrogen and oxygen atoms in total. The monoisotopic (exact) mass is 554 g/mol. The van der Waals surface area contributed by atoms with E-state index in [0.717, 1.165) is 21.8 Å². The van der Waals surface area contributed by atoms with E-state index >= 15 is 0 Å². The number of primary amides is 1. The number of nitrogens with one attached hydrogen (secondary N) is 3. The highest BCUT2D eigenvalue weighted by Crippen LogP contribution is 2.37. The lowest BCUT2D eigenvalue weighted by Gasteiger charge is -2.18. The Bertz CT molecular complexity index is 1490. The van der Waals surface area contributed by atoms with E-state index in [2.05, 4.69) is 16.0 Å². The maximum atomic E-state index is 13.4. The molecule has 0 saturated carbocycles. The fraction of sp³-hybridized carbons (Fsp3) is 0.0667. The normalized spacial score (nSPS) is 11.2. The number of carbonyl (C=O) groups excluding carboxylic acids is 3. The van der Waals surface area contributed by atoms with Crippen molar-refractivity contribution in [2.24, 2.45) is 5.73 Å². The molecule has 0 fully saturated rings. The Morgan fingerprint density at radius 2 is 1.31 bits per heavy atom. The molecule has 0 aliphatic carbocycles. The average molecular weight is 555 g/mol. The van der Waals surface area contributed by atoms with Crippen LogP contribution in [0.5, 0.6) is 0 Å². The number of thioether (sulfide) groups is 1. The smallest absolute Gasteiger partial charge is 0.248 e. The highest BCUT2D eigenvalue weighted by molar-refractivity contribution is 8.00. The minimum atomic E-state index is -0.540. The summed E-state index contributed by atoms with van der Waals surface area (Å²) in [6.07, 6.45) is 0. The molecule has 2 amide bonds. The van der Waals surface area contributed by atoms with Gasteiger partial charge in [-0.3, -0.25) is 14.4 Å². The van der Waals surface area contributed by atoms with Crippen LogP contribution in [0.3, 0.4) is 0 Å². The van der Waals surface area contributed by atoms with E-state index in [1.54, 1.807) is 48.5 Å². The van der Waals surface area contributed by atoms with Crippen molar-refractivity contribution in [3.05, 3.63) is 120 Å². The molecule has 0 spiro atoms. The molecule has 5 N–H and O–H groups in total. The Morgan fingerprint density at radius 1 is 0.718 bits per heavy atom. The summed E-state index contributed by atoms with van der Waals surface area (Å²) >= 11 is 6.87. The molecule has 0 bridgehead atoms. The highest BCUT2D eigenvalue weighted by atomic mass is 32.2. The van der Waals surface area contributed by atoms with E-state index in [9.17, 15) is 14.4 Å².